The molecule has 0 heterocycles. The zero-order chi connectivity index (χ0) is 8.55. The van der Waals surface area contributed by atoms with Gasteiger partial charge in [0.1, 0.15) is 0 Å². The zero-order valence-corrected chi connectivity index (χ0v) is 6.88. The van der Waals surface area contributed by atoms with Crippen LogP contribution in [0.15, 0.2) is 18.2 Å². The molecule has 0 aliphatic heterocycles. The highest BCUT2D eigenvalue weighted by atomic mass is 19.1. The lowest BCUT2D eigenvalue weighted by Gasteiger charge is -2.07. The minimum atomic E-state index is -0.268. The first-order chi connectivity index (χ1) is 5.83. The molecule has 1 aliphatic rings. The second-order valence-corrected chi connectivity index (χ2v) is 2.94. The summed E-state index contributed by atoms with van der Waals surface area (Å²) in [6.07, 6.45) is 3.18. The van der Waals surface area contributed by atoms with Crippen molar-refractivity contribution in [1.82, 2.24) is 0 Å². The normalized spacial score (nSPS) is 16.2. The molecule has 1 saturated carbocycles. The fraction of sp³-hybridized carbons (Fsp3) is 0.300. The molecule has 1 aromatic rings. The first-order valence-electron chi connectivity index (χ1n) is 3.98. The van der Waals surface area contributed by atoms with Crippen LogP contribution in [0.1, 0.15) is 17.9 Å². The molecule has 0 bridgehead atoms. The van der Waals surface area contributed by atoms with Gasteiger partial charge in [0.2, 0.25) is 0 Å². The van der Waals surface area contributed by atoms with Gasteiger partial charge >= 0.3 is 0 Å². The average Bonchev–Trinajstić information content (AvgIpc) is 2.86. The lowest BCUT2D eigenvalue weighted by molar-refractivity contribution is 0.382. The maximum Gasteiger partial charge on any atom is 0.165 e. The second kappa shape index (κ2) is 2.77. The van der Waals surface area contributed by atoms with E-state index < -0.39 is 0 Å². The summed E-state index contributed by atoms with van der Waals surface area (Å²) in [5.74, 6) is 0.544. The van der Waals surface area contributed by atoms with Crippen LogP contribution < -0.4 is 4.74 Å². The summed E-state index contributed by atoms with van der Waals surface area (Å²) < 4.78 is 18.1. The molecule has 0 N–H and O–H groups in total. The smallest absolute Gasteiger partial charge is 0.165 e. The number of benzene rings is 1. The molecule has 1 fully saturated rings. The Morgan fingerprint density at radius 1 is 1.50 bits per heavy atom. The van der Waals surface area contributed by atoms with E-state index in [1.165, 1.54) is 13.2 Å². The Morgan fingerprint density at radius 2 is 2.25 bits per heavy atom. The Kier molecular flexibility index (Phi) is 1.75. The zero-order valence-electron chi connectivity index (χ0n) is 6.88. The number of hydrogen-bond acceptors (Lipinski definition) is 1. The van der Waals surface area contributed by atoms with Crippen molar-refractivity contribution in [2.45, 2.75) is 12.3 Å². The van der Waals surface area contributed by atoms with Crippen LogP contribution in [0.3, 0.4) is 0 Å². The van der Waals surface area contributed by atoms with Crippen LogP contribution >= 0.6 is 0 Å². The molecule has 0 aromatic heterocycles. The molecule has 63 valence electrons. The van der Waals surface area contributed by atoms with E-state index in [9.17, 15) is 4.39 Å². The van der Waals surface area contributed by atoms with Crippen LogP contribution in [0.5, 0.6) is 5.75 Å². The first-order valence-corrected chi connectivity index (χ1v) is 3.98. The minimum absolute atomic E-state index is 0.268. The van der Waals surface area contributed by atoms with Crippen molar-refractivity contribution in [1.29, 1.82) is 0 Å². The van der Waals surface area contributed by atoms with Gasteiger partial charge in [-0.25, -0.2) is 4.39 Å². The molecule has 2 heteroatoms. The van der Waals surface area contributed by atoms with Crippen LogP contribution in [-0.2, 0) is 0 Å². The van der Waals surface area contributed by atoms with Gasteiger partial charge in [0.05, 0.1) is 7.11 Å². The van der Waals surface area contributed by atoms with Crippen LogP contribution in [0, 0.1) is 12.2 Å². The van der Waals surface area contributed by atoms with E-state index >= 15 is 0 Å². The van der Waals surface area contributed by atoms with Crippen LogP contribution in [-0.4, -0.2) is 7.11 Å². The minimum Gasteiger partial charge on any atom is -0.493 e. The number of methoxy groups -OCH3 is 1. The highest BCUT2D eigenvalue weighted by Gasteiger charge is 2.28. The van der Waals surface area contributed by atoms with Gasteiger partial charge in [0.25, 0.3) is 0 Å². The topological polar surface area (TPSA) is 9.23 Å². The van der Waals surface area contributed by atoms with E-state index in [4.69, 9.17) is 4.74 Å². The average molecular weight is 165 g/mol. The molecule has 0 saturated heterocycles. The molecule has 0 spiro atoms. The maximum atomic E-state index is 13.1. The third kappa shape index (κ3) is 1.17. The predicted molar refractivity (Wildman–Crippen MR) is 44.6 cm³/mol. The van der Waals surface area contributed by atoms with Crippen molar-refractivity contribution >= 4 is 0 Å². The summed E-state index contributed by atoms with van der Waals surface area (Å²) in [7, 11) is 1.50. The van der Waals surface area contributed by atoms with Gasteiger partial charge in [-0.1, -0.05) is 12.1 Å². The van der Waals surface area contributed by atoms with Gasteiger partial charge in [-0.05, 0) is 24.8 Å². The van der Waals surface area contributed by atoms with Gasteiger partial charge < -0.3 is 4.74 Å². The van der Waals surface area contributed by atoms with Crippen molar-refractivity contribution in [2.75, 3.05) is 7.11 Å². The van der Waals surface area contributed by atoms with Crippen LogP contribution in [0.2, 0.25) is 0 Å². The summed E-state index contributed by atoms with van der Waals surface area (Å²) in [5.41, 5.74) is 0.970. The quantitative estimate of drug-likeness (QED) is 0.654. The summed E-state index contributed by atoms with van der Waals surface area (Å²) >= 11 is 0. The lowest BCUT2D eigenvalue weighted by Crippen LogP contribution is -1.93. The molecule has 2 rings (SSSR count). The molecule has 0 amide bonds. The summed E-state index contributed by atoms with van der Waals surface area (Å²) in [6.45, 7) is 0. The van der Waals surface area contributed by atoms with Crippen molar-refractivity contribution in [3.63, 3.8) is 0 Å². The number of rotatable bonds is 2. The van der Waals surface area contributed by atoms with Crippen molar-refractivity contribution in [3.05, 3.63) is 36.0 Å². The molecule has 1 nitrogen and oxygen atoms in total. The van der Waals surface area contributed by atoms with E-state index in [1.807, 2.05) is 6.07 Å². The molecule has 1 unspecified atom stereocenters. The summed E-state index contributed by atoms with van der Waals surface area (Å²) in [6, 6.07) is 5.06. The second-order valence-electron chi connectivity index (χ2n) is 2.94. The predicted octanol–water partition coefficient (Wildman–Crippen LogP) is 2.53. The van der Waals surface area contributed by atoms with Gasteiger partial charge in [-0.3, -0.25) is 0 Å². The van der Waals surface area contributed by atoms with E-state index in [2.05, 4.69) is 6.42 Å². The Balaban J connectivity index is 2.43. The standard InChI is InChI=1S/C10H10FO/c1-12-10-8(7-5-6-7)3-2-4-9(10)11/h2-5,7H,6H2,1H3. The van der Waals surface area contributed by atoms with E-state index in [1.54, 1.807) is 6.07 Å². The Bertz CT molecular complexity index is 292. The molecular weight excluding hydrogens is 155 g/mol. The SMILES string of the molecule is COc1c(F)cccc1C1[CH]C1. The van der Waals surface area contributed by atoms with E-state index in [0.29, 0.717) is 11.7 Å². The fourth-order valence-electron chi connectivity index (χ4n) is 1.35. The molecule has 1 aromatic carbocycles. The van der Waals surface area contributed by atoms with Crippen molar-refractivity contribution in [2.24, 2.45) is 0 Å². The summed E-state index contributed by atoms with van der Waals surface area (Å²) in [4.78, 5) is 0. The molecule has 1 aliphatic carbocycles. The number of ether oxygens (including phenoxy) is 1. The van der Waals surface area contributed by atoms with Crippen LogP contribution in [0.25, 0.3) is 0 Å². The molecular formula is C10H10FO. The van der Waals surface area contributed by atoms with Gasteiger partial charge in [0.15, 0.2) is 11.6 Å². The number of halogens is 1. The highest BCUT2D eigenvalue weighted by molar-refractivity contribution is 5.42. The van der Waals surface area contributed by atoms with Crippen molar-refractivity contribution < 1.29 is 9.13 Å². The maximum absolute atomic E-state index is 13.1. The monoisotopic (exact) mass is 165 g/mol. The highest BCUT2D eigenvalue weighted by Crippen LogP contribution is 2.43. The van der Waals surface area contributed by atoms with E-state index in [0.717, 1.165) is 12.0 Å². The summed E-state index contributed by atoms with van der Waals surface area (Å²) in [5, 5.41) is 0. The third-order valence-electron chi connectivity index (χ3n) is 2.07. The lowest BCUT2D eigenvalue weighted by atomic mass is 10.1. The Morgan fingerprint density at radius 3 is 2.83 bits per heavy atom. The van der Waals surface area contributed by atoms with Gasteiger partial charge in [0, 0.05) is 5.56 Å². The van der Waals surface area contributed by atoms with Gasteiger partial charge in [-0.2, -0.15) is 0 Å². The Labute approximate surface area is 71.2 Å². The third-order valence-corrected chi connectivity index (χ3v) is 2.07. The number of para-hydroxylation sites is 1. The fourth-order valence-corrected chi connectivity index (χ4v) is 1.35. The van der Waals surface area contributed by atoms with Gasteiger partial charge in [-0.15, -0.1) is 0 Å². The van der Waals surface area contributed by atoms with Crippen LogP contribution in [0.4, 0.5) is 4.39 Å². The largest absolute Gasteiger partial charge is 0.493 e. The molecule has 1 atom stereocenters. The first kappa shape index (κ1) is 7.59. The molecule has 1 radical (unpaired) electrons. The molecule has 12 heavy (non-hydrogen) atoms. The Hall–Kier alpha value is -1.05. The van der Waals surface area contributed by atoms with Crippen molar-refractivity contribution in [3.8, 4) is 5.75 Å². The van der Waals surface area contributed by atoms with E-state index in [-0.39, 0.29) is 5.82 Å². The number of hydrogen-bond donors (Lipinski definition) is 0.